The van der Waals surface area contributed by atoms with Gasteiger partial charge in [0.05, 0.1) is 11.4 Å². The Kier molecular flexibility index (Phi) is 7.70. The van der Waals surface area contributed by atoms with Gasteiger partial charge in [-0.1, -0.05) is 41.6 Å². The molecule has 0 aliphatic heterocycles. The van der Waals surface area contributed by atoms with E-state index in [4.69, 9.17) is 16.3 Å². The highest BCUT2D eigenvalue weighted by Crippen LogP contribution is 2.28. The minimum atomic E-state index is -0.328. The maximum absolute atomic E-state index is 12.3. The Morgan fingerprint density at radius 3 is 2.87 bits per heavy atom. The summed E-state index contributed by atoms with van der Waals surface area (Å²) in [5.74, 6) is 1.41. The normalized spacial score (nSPS) is 11.7. The van der Waals surface area contributed by atoms with Crippen LogP contribution in [0.2, 0.25) is 5.15 Å². The number of anilines is 1. The van der Waals surface area contributed by atoms with Crippen molar-refractivity contribution in [3.63, 3.8) is 0 Å². The molecule has 0 aliphatic rings. The minimum absolute atomic E-state index is 0.146. The second kappa shape index (κ2) is 10.5. The summed E-state index contributed by atoms with van der Waals surface area (Å²) in [7, 11) is 0. The van der Waals surface area contributed by atoms with Crippen LogP contribution in [0.5, 0.6) is 5.75 Å². The zero-order chi connectivity index (χ0) is 22.4. The Bertz CT molecular complexity index is 1090. The predicted octanol–water partition coefficient (Wildman–Crippen LogP) is 5.00. The minimum Gasteiger partial charge on any atom is -0.482 e. The highest BCUT2D eigenvalue weighted by atomic mass is 35.5. The third-order valence-electron chi connectivity index (χ3n) is 4.64. The van der Waals surface area contributed by atoms with E-state index < -0.39 is 0 Å². The molecule has 9 heteroatoms. The average molecular weight is 458 g/mol. The smallest absolute Gasteiger partial charge is 0.234 e. The van der Waals surface area contributed by atoms with Crippen molar-refractivity contribution in [3.8, 4) is 5.75 Å². The van der Waals surface area contributed by atoms with Crippen LogP contribution in [0.25, 0.3) is 0 Å². The van der Waals surface area contributed by atoms with Gasteiger partial charge in [0, 0.05) is 12.7 Å². The van der Waals surface area contributed by atoms with Gasteiger partial charge in [-0.25, -0.2) is 4.98 Å². The number of pyridine rings is 1. The second-order valence-electron chi connectivity index (χ2n) is 6.88. The van der Waals surface area contributed by atoms with Crippen LogP contribution in [0.3, 0.4) is 0 Å². The van der Waals surface area contributed by atoms with Crippen molar-refractivity contribution >= 4 is 35.0 Å². The number of rotatable bonds is 9. The average Bonchev–Trinajstić information content (AvgIpc) is 3.14. The molecule has 1 unspecified atom stereocenters. The summed E-state index contributed by atoms with van der Waals surface area (Å²) < 4.78 is 8.06. The van der Waals surface area contributed by atoms with E-state index >= 15 is 0 Å². The number of aryl methyl sites for hydroxylation is 1. The van der Waals surface area contributed by atoms with Gasteiger partial charge in [-0.2, -0.15) is 0 Å². The summed E-state index contributed by atoms with van der Waals surface area (Å²) >= 11 is 7.27. The van der Waals surface area contributed by atoms with Gasteiger partial charge in [-0.05, 0) is 50.1 Å². The van der Waals surface area contributed by atoms with Gasteiger partial charge in [-0.15, -0.1) is 16.8 Å². The van der Waals surface area contributed by atoms with Crippen molar-refractivity contribution in [2.24, 2.45) is 0 Å². The first-order valence-electron chi connectivity index (χ1n) is 9.70. The number of benzene rings is 1. The van der Waals surface area contributed by atoms with E-state index in [-0.39, 0.29) is 22.9 Å². The van der Waals surface area contributed by atoms with Crippen molar-refractivity contribution in [2.45, 2.75) is 38.6 Å². The second-order valence-corrected chi connectivity index (χ2v) is 8.18. The van der Waals surface area contributed by atoms with Crippen LogP contribution in [-0.2, 0) is 11.3 Å². The van der Waals surface area contributed by atoms with Crippen LogP contribution >= 0.6 is 23.4 Å². The molecule has 2 heterocycles. The van der Waals surface area contributed by atoms with Gasteiger partial charge in [-0.3, -0.25) is 9.36 Å². The van der Waals surface area contributed by atoms with Crippen LogP contribution < -0.4 is 10.1 Å². The first kappa shape index (κ1) is 22.8. The number of allylic oxidation sites excluding steroid dienone is 1. The standard InChI is InChI=1S/C22H24ClN5O2S/c1-5-12-28-21(16(4)30-18-10-6-8-14(2)15(18)3)26-27-22(28)31-13-19(29)25-17-9-7-11-24-20(17)23/h5-11,16H,1,12-13H2,2-4H3,(H,25,29). The fourth-order valence-corrected chi connectivity index (χ4v) is 3.82. The Morgan fingerprint density at radius 2 is 2.13 bits per heavy atom. The number of thioether (sulfide) groups is 1. The number of carbonyl (C=O) groups excluding carboxylic acids is 1. The fraction of sp³-hybridized carbons (Fsp3) is 0.273. The predicted molar refractivity (Wildman–Crippen MR) is 124 cm³/mol. The first-order chi connectivity index (χ1) is 14.9. The van der Waals surface area contributed by atoms with E-state index in [9.17, 15) is 4.79 Å². The van der Waals surface area contributed by atoms with E-state index in [2.05, 4.69) is 27.1 Å². The Labute approximate surface area is 190 Å². The molecule has 2 aromatic heterocycles. The molecular formula is C22H24ClN5O2S. The molecule has 162 valence electrons. The van der Waals surface area contributed by atoms with E-state index in [0.717, 1.165) is 16.9 Å². The van der Waals surface area contributed by atoms with Gasteiger partial charge < -0.3 is 10.1 Å². The van der Waals surface area contributed by atoms with Crippen molar-refractivity contribution in [2.75, 3.05) is 11.1 Å². The molecule has 1 atom stereocenters. The number of nitrogens with zero attached hydrogens (tertiary/aromatic N) is 4. The summed E-state index contributed by atoms with van der Waals surface area (Å²) in [6.07, 6.45) is 3.00. The third kappa shape index (κ3) is 5.65. The lowest BCUT2D eigenvalue weighted by Crippen LogP contribution is -2.16. The molecule has 3 aromatic rings. The quantitative estimate of drug-likeness (QED) is 0.276. The van der Waals surface area contributed by atoms with Gasteiger partial charge in [0.1, 0.15) is 5.75 Å². The number of amides is 1. The Morgan fingerprint density at radius 1 is 1.32 bits per heavy atom. The number of halogens is 1. The van der Waals surface area contributed by atoms with Gasteiger partial charge >= 0.3 is 0 Å². The van der Waals surface area contributed by atoms with E-state index in [1.165, 1.54) is 11.8 Å². The van der Waals surface area contributed by atoms with Crippen molar-refractivity contribution < 1.29 is 9.53 Å². The van der Waals surface area contributed by atoms with E-state index in [1.54, 1.807) is 24.4 Å². The maximum Gasteiger partial charge on any atom is 0.234 e. The topological polar surface area (TPSA) is 81.9 Å². The summed E-state index contributed by atoms with van der Waals surface area (Å²) in [5.41, 5.74) is 2.72. The highest BCUT2D eigenvalue weighted by Gasteiger charge is 2.20. The SMILES string of the molecule is C=CCn1c(SCC(=O)Nc2cccnc2Cl)nnc1C(C)Oc1cccc(C)c1C. The van der Waals surface area contributed by atoms with Crippen LogP contribution in [0.1, 0.15) is 30.0 Å². The molecule has 1 aromatic carbocycles. The molecule has 1 amide bonds. The summed E-state index contributed by atoms with van der Waals surface area (Å²) in [6, 6.07) is 9.36. The monoisotopic (exact) mass is 457 g/mol. The van der Waals surface area contributed by atoms with E-state index in [1.807, 2.05) is 43.5 Å². The molecule has 0 aliphatic carbocycles. The van der Waals surface area contributed by atoms with Crippen molar-refractivity contribution in [1.82, 2.24) is 19.7 Å². The first-order valence-corrected chi connectivity index (χ1v) is 11.1. The molecule has 0 fully saturated rings. The van der Waals surface area contributed by atoms with Crippen LogP contribution in [0, 0.1) is 13.8 Å². The van der Waals surface area contributed by atoms with Crippen molar-refractivity contribution in [3.05, 3.63) is 71.3 Å². The molecule has 0 spiro atoms. The summed E-state index contributed by atoms with van der Waals surface area (Å²) in [5, 5.41) is 12.2. The maximum atomic E-state index is 12.3. The van der Waals surface area contributed by atoms with Crippen LogP contribution in [0.4, 0.5) is 5.69 Å². The number of carbonyl (C=O) groups is 1. The largest absolute Gasteiger partial charge is 0.482 e. The lowest BCUT2D eigenvalue weighted by atomic mass is 10.1. The zero-order valence-corrected chi connectivity index (χ0v) is 19.2. The number of aromatic nitrogens is 4. The van der Waals surface area contributed by atoms with Crippen LogP contribution in [0.15, 0.2) is 54.3 Å². The summed E-state index contributed by atoms with van der Waals surface area (Å²) in [4.78, 5) is 16.3. The Balaban J connectivity index is 1.71. The fourth-order valence-electron chi connectivity index (χ4n) is 2.90. The van der Waals surface area contributed by atoms with Gasteiger partial charge in [0.25, 0.3) is 0 Å². The molecule has 3 rings (SSSR count). The third-order valence-corrected chi connectivity index (χ3v) is 5.91. The molecule has 7 nitrogen and oxygen atoms in total. The van der Waals surface area contributed by atoms with Gasteiger partial charge in [0.15, 0.2) is 22.2 Å². The molecular weight excluding hydrogens is 434 g/mol. The Hall–Kier alpha value is -2.84. The number of hydrogen-bond donors (Lipinski definition) is 1. The highest BCUT2D eigenvalue weighted by molar-refractivity contribution is 7.99. The summed E-state index contributed by atoms with van der Waals surface area (Å²) in [6.45, 7) is 10.3. The van der Waals surface area contributed by atoms with Gasteiger partial charge in [0.2, 0.25) is 5.91 Å². The molecule has 31 heavy (non-hydrogen) atoms. The molecule has 0 saturated heterocycles. The molecule has 0 bridgehead atoms. The molecule has 0 saturated carbocycles. The lowest BCUT2D eigenvalue weighted by molar-refractivity contribution is -0.113. The van der Waals surface area contributed by atoms with E-state index in [0.29, 0.717) is 23.2 Å². The lowest BCUT2D eigenvalue weighted by Gasteiger charge is -2.18. The van der Waals surface area contributed by atoms with Crippen LogP contribution in [-0.4, -0.2) is 31.4 Å². The number of ether oxygens (including phenoxy) is 1. The number of nitrogens with one attached hydrogen (secondary N) is 1. The molecule has 0 radical (unpaired) electrons. The molecule has 1 N–H and O–H groups in total. The zero-order valence-electron chi connectivity index (χ0n) is 17.6. The van der Waals surface area contributed by atoms with Crippen molar-refractivity contribution in [1.29, 1.82) is 0 Å². The number of hydrogen-bond acceptors (Lipinski definition) is 6.